The second-order valence-corrected chi connectivity index (χ2v) is 4.81. The molecule has 0 saturated carbocycles. The summed E-state index contributed by atoms with van der Waals surface area (Å²) in [6.45, 7) is 2.32. The Balaban J connectivity index is 1.89. The molecule has 1 aliphatic heterocycles. The van der Waals surface area contributed by atoms with Crippen LogP contribution in [0.2, 0.25) is 0 Å². The van der Waals surface area contributed by atoms with Crippen molar-refractivity contribution in [1.82, 2.24) is 0 Å². The molecular formula is C16H18N2O2. The van der Waals surface area contributed by atoms with Gasteiger partial charge in [0.25, 0.3) is 0 Å². The van der Waals surface area contributed by atoms with Crippen molar-refractivity contribution in [3.05, 3.63) is 48.0 Å². The predicted molar refractivity (Wildman–Crippen MR) is 80.4 cm³/mol. The summed E-state index contributed by atoms with van der Waals surface area (Å²) < 4.78 is 11.1. The van der Waals surface area contributed by atoms with Gasteiger partial charge in [0.1, 0.15) is 18.1 Å². The Bertz CT molecular complexity index is 613. The predicted octanol–water partition coefficient (Wildman–Crippen LogP) is 2.68. The molecule has 0 bridgehead atoms. The summed E-state index contributed by atoms with van der Waals surface area (Å²) in [5.74, 6) is 1.77. The smallest absolute Gasteiger partial charge is 0.144 e. The van der Waals surface area contributed by atoms with Gasteiger partial charge in [0.05, 0.1) is 19.3 Å². The Morgan fingerprint density at radius 3 is 2.95 bits per heavy atom. The minimum absolute atomic E-state index is 0.672. The Morgan fingerprint density at radius 1 is 1.25 bits per heavy atom. The molecule has 0 saturated heterocycles. The third kappa shape index (κ3) is 2.37. The standard InChI is InChI=1S/C16H18N2O2/c1-19-15-5-3-2-4-12(15)11-18-8-9-20-16-10-13(17)6-7-14(16)18/h2-7,10H,8-9,11,17H2,1H3. The first-order valence-corrected chi connectivity index (χ1v) is 6.67. The number of para-hydroxylation sites is 1. The van der Waals surface area contributed by atoms with Crippen molar-refractivity contribution in [2.24, 2.45) is 0 Å². The van der Waals surface area contributed by atoms with E-state index in [1.165, 1.54) is 5.56 Å². The number of benzene rings is 2. The Morgan fingerprint density at radius 2 is 2.10 bits per heavy atom. The molecule has 2 aromatic rings. The summed E-state index contributed by atoms with van der Waals surface area (Å²) in [4.78, 5) is 2.29. The number of methoxy groups -OCH3 is 1. The monoisotopic (exact) mass is 270 g/mol. The van der Waals surface area contributed by atoms with Crippen molar-refractivity contribution < 1.29 is 9.47 Å². The van der Waals surface area contributed by atoms with Crippen molar-refractivity contribution in [3.63, 3.8) is 0 Å². The zero-order valence-electron chi connectivity index (χ0n) is 11.5. The highest BCUT2D eigenvalue weighted by Crippen LogP contribution is 2.35. The first-order chi connectivity index (χ1) is 9.78. The van der Waals surface area contributed by atoms with Crippen LogP contribution in [0.5, 0.6) is 11.5 Å². The number of hydrogen-bond donors (Lipinski definition) is 1. The highest BCUT2D eigenvalue weighted by molar-refractivity contribution is 5.65. The van der Waals surface area contributed by atoms with Crippen molar-refractivity contribution >= 4 is 11.4 Å². The maximum Gasteiger partial charge on any atom is 0.144 e. The van der Waals surface area contributed by atoms with E-state index in [1.807, 2.05) is 36.4 Å². The van der Waals surface area contributed by atoms with Crippen molar-refractivity contribution in [2.75, 3.05) is 30.9 Å². The highest BCUT2D eigenvalue weighted by Gasteiger charge is 2.19. The van der Waals surface area contributed by atoms with Crippen LogP contribution in [0.25, 0.3) is 0 Å². The van der Waals surface area contributed by atoms with Gasteiger partial charge < -0.3 is 20.1 Å². The van der Waals surface area contributed by atoms with Crippen molar-refractivity contribution in [3.8, 4) is 11.5 Å². The minimum Gasteiger partial charge on any atom is -0.496 e. The second-order valence-electron chi connectivity index (χ2n) is 4.81. The van der Waals surface area contributed by atoms with Crippen LogP contribution in [-0.4, -0.2) is 20.3 Å². The average Bonchev–Trinajstić information content (AvgIpc) is 2.47. The molecule has 1 heterocycles. The molecule has 0 fully saturated rings. The number of nitrogens with zero attached hydrogens (tertiary/aromatic N) is 1. The lowest BCUT2D eigenvalue weighted by atomic mass is 10.1. The van der Waals surface area contributed by atoms with Crippen LogP contribution in [0.4, 0.5) is 11.4 Å². The van der Waals surface area contributed by atoms with Crippen LogP contribution < -0.4 is 20.1 Å². The van der Waals surface area contributed by atoms with Crippen LogP contribution in [0, 0.1) is 0 Å². The van der Waals surface area contributed by atoms with Gasteiger partial charge in [-0.1, -0.05) is 18.2 Å². The van der Waals surface area contributed by atoms with E-state index >= 15 is 0 Å². The maximum atomic E-state index is 5.81. The SMILES string of the molecule is COc1ccccc1CN1CCOc2cc(N)ccc21. The zero-order valence-corrected chi connectivity index (χ0v) is 11.5. The molecule has 0 spiro atoms. The maximum absolute atomic E-state index is 5.81. The minimum atomic E-state index is 0.672. The second kappa shape index (κ2) is 5.33. The van der Waals surface area contributed by atoms with Gasteiger partial charge in [-0.05, 0) is 18.2 Å². The summed E-state index contributed by atoms with van der Waals surface area (Å²) in [6.07, 6.45) is 0. The number of anilines is 2. The molecule has 0 aromatic heterocycles. The molecule has 1 aliphatic rings. The van der Waals surface area contributed by atoms with Gasteiger partial charge >= 0.3 is 0 Å². The third-order valence-corrected chi connectivity index (χ3v) is 3.50. The van der Waals surface area contributed by atoms with E-state index in [1.54, 1.807) is 7.11 Å². The molecule has 3 rings (SSSR count). The first kappa shape index (κ1) is 12.7. The van der Waals surface area contributed by atoms with Crippen LogP contribution in [-0.2, 0) is 6.54 Å². The van der Waals surface area contributed by atoms with Crippen molar-refractivity contribution in [2.45, 2.75) is 6.54 Å². The van der Waals surface area contributed by atoms with Gasteiger partial charge in [-0.15, -0.1) is 0 Å². The first-order valence-electron chi connectivity index (χ1n) is 6.67. The van der Waals surface area contributed by atoms with Gasteiger partial charge in [0.15, 0.2) is 0 Å². The van der Waals surface area contributed by atoms with E-state index in [4.69, 9.17) is 15.2 Å². The van der Waals surface area contributed by atoms with E-state index < -0.39 is 0 Å². The topological polar surface area (TPSA) is 47.7 Å². The van der Waals surface area contributed by atoms with Crippen LogP contribution in [0.1, 0.15) is 5.56 Å². The molecule has 20 heavy (non-hydrogen) atoms. The lowest BCUT2D eigenvalue weighted by molar-refractivity contribution is 0.306. The average molecular weight is 270 g/mol. The number of ether oxygens (including phenoxy) is 2. The summed E-state index contributed by atoms with van der Waals surface area (Å²) in [5, 5.41) is 0. The van der Waals surface area contributed by atoms with Crippen LogP contribution in [0.3, 0.4) is 0 Å². The normalized spacial score (nSPS) is 13.6. The van der Waals surface area contributed by atoms with E-state index in [-0.39, 0.29) is 0 Å². The van der Waals surface area contributed by atoms with Crippen LogP contribution >= 0.6 is 0 Å². The molecule has 2 aromatic carbocycles. The molecular weight excluding hydrogens is 252 g/mol. The quantitative estimate of drug-likeness (QED) is 0.871. The number of nitrogen functional groups attached to an aromatic ring is 1. The Hall–Kier alpha value is -2.36. The lowest BCUT2D eigenvalue weighted by Crippen LogP contribution is -2.32. The molecule has 4 heteroatoms. The Labute approximate surface area is 118 Å². The molecule has 0 aliphatic carbocycles. The van der Waals surface area contributed by atoms with Gasteiger partial charge in [-0.2, -0.15) is 0 Å². The summed E-state index contributed by atoms with van der Waals surface area (Å²) in [7, 11) is 1.70. The number of fused-ring (bicyclic) bond motifs is 1. The summed E-state index contributed by atoms with van der Waals surface area (Å²) in [5.41, 5.74) is 8.78. The molecule has 0 unspecified atom stereocenters. The molecule has 0 amide bonds. The van der Waals surface area contributed by atoms with E-state index in [0.717, 1.165) is 36.0 Å². The van der Waals surface area contributed by atoms with Gasteiger partial charge in [-0.25, -0.2) is 0 Å². The fourth-order valence-corrected chi connectivity index (χ4v) is 2.50. The largest absolute Gasteiger partial charge is 0.496 e. The van der Waals surface area contributed by atoms with Gasteiger partial charge in [0, 0.05) is 23.9 Å². The molecule has 104 valence electrons. The number of rotatable bonds is 3. The number of nitrogens with two attached hydrogens (primary N) is 1. The molecule has 4 nitrogen and oxygen atoms in total. The van der Waals surface area contributed by atoms with Gasteiger partial charge in [-0.3, -0.25) is 0 Å². The van der Waals surface area contributed by atoms with E-state index in [9.17, 15) is 0 Å². The lowest BCUT2D eigenvalue weighted by Gasteiger charge is -2.31. The fourth-order valence-electron chi connectivity index (χ4n) is 2.50. The van der Waals surface area contributed by atoms with Crippen molar-refractivity contribution in [1.29, 1.82) is 0 Å². The summed E-state index contributed by atoms with van der Waals surface area (Å²) in [6, 6.07) is 13.9. The highest BCUT2D eigenvalue weighted by atomic mass is 16.5. The molecule has 0 radical (unpaired) electrons. The third-order valence-electron chi connectivity index (χ3n) is 3.50. The summed E-state index contributed by atoms with van der Waals surface area (Å²) >= 11 is 0. The Kier molecular flexibility index (Phi) is 3.37. The number of hydrogen-bond acceptors (Lipinski definition) is 4. The fraction of sp³-hybridized carbons (Fsp3) is 0.250. The molecule has 0 atom stereocenters. The zero-order chi connectivity index (χ0) is 13.9. The van der Waals surface area contributed by atoms with Gasteiger partial charge in [0.2, 0.25) is 0 Å². The van der Waals surface area contributed by atoms with E-state index in [2.05, 4.69) is 11.0 Å². The van der Waals surface area contributed by atoms with E-state index in [0.29, 0.717) is 6.61 Å². The van der Waals surface area contributed by atoms with Crippen LogP contribution in [0.15, 0.2) is 42.5 Å². The molecule has 2 N–H and O–H groups in total.